The summed E-state index contributed by atoms with van der Waals surface area (Å²) in [5.74, 6) is -0.142. The summed E-state index contributed by atoms with van der Waals surface area (Å²) in [5.41, 5.74) is 3.09. The van der Waals surface area contributed by atoms with Gasteiger partial charge in [0, 0.05) is 24.0 Å². The second-order valence-corrected chi connectivity index (χ2v) is 7.79. The van der Waals surface area contributed by atoms with Crippen LogP contribution >= 0.6 is 22.9 Å². The molecule has 1 aromatic carbocycles. The maximum absolute atomic E-state index is 13.5. The Labute approximate surface area is 171 Å². The Hall–Kier alpha value is -2.77. The summed E-state index contributed by atoms with van der Waals surface area (Å²) in [6.45, 7) is 4.84. The Morgan fingerprint density at radius 3 is 2.89 bits per heavy atom. The van der Waals surface area contributed by atoms with Crippen molar-refractivity contribution in [3.63, 3.8) is 0 Å². The molecule has 1 amide bonds. The molecular formula is C20H18ClN5OS. The third-order valence-electron chi connectivity index (χ3n) is 4.30. The second kappa shape index (κ2) is 7.69. The van der Waals surface area contributed by atoms with Gasteiger partial charge in [0.1, 0.15) is 5.69 Å². The van der Waals surface area contributed by atoms with Crippen LogP contribution in [0.5, 0.6) is 0 Å². The van der Waals surface area contributed by atoms with Crippen molar-refractivity contribution in [1.82, 2.24) is 19.7 Å². The number of benzene rings is 1. The van der Waals surface area contributed by atoms with E-state index in [2.05, 4.69) is 15.1 Å². The van der Waals surface area contributed by atoms with Gasteiger partial charge in [-0.2, -0.15) is 5.10 Å². The number of thiazole rings is 1. The van der Waals surface area contributed by atoms with Crippen molar-refractivity contribution in [1.29, 1.82) is 0 Å². The molecule has 0 aliphatic heterocycles. The third-order valence-corrected chi connectivity index (χ3v) is 5.58. The van der Waals surface area contributed by atoms with Gasteiger partial charge in [-0.05, 0) is 49.7 Å². The monoisotopic (exact) mass is 411 g/mol. The van der Waals surface area contributed by atoms with Crippen molar-refractivity contribution >= 4 is 44.2 Å². The van der Waals surface area contributed by atoms with Gasteiger partial charge in [0.2, 0.25) is 0 Å². The van der Waals surface area contributed by atoms with Gasteiger partial charge in [0.25, 0.3) is 5.91 Å². The summed E-state index contributed by atoms with van der Waals surface area (Å²) in [4.78, 5) is 24.0. The number of rotatable bonds is 5. The average molecular weight is 412 g/mol. The van der Waals surface area contributed by atoms with E-state index in [1.54, 1.807) is 28.0 Å². The minimum atomic E-state index is -0.142. The number of hydrogen-bond acceptors (Lipinski definition) is 5. The van der Waals surface area contributed by atoms with Crippen LogP contribution < -0.4 is 4.90 Å². The van der Waals surface area contributed by atoms with E-state index in [9.17, 15) is 4.79 Å². The van der Waals surface area contributed by atoms with E-state index in [1.165, 1.54) is 11.3 Å². The number of aryl methyl sites for hydroxylation is 2. The van der Waals surface area contributed by atoms with Crippen LogP contribution in [-0.4, -0.2) is 25.7 Å². The molecule has 28 heavy (non-hydrogen) atoms. The van der Waals surface area contributed by atoms with Crippen LogP contribution in [0.1, 0.15) is 28.7 Å². The normalized spacial score (nSPS) is 11.1. The van der Waals surface area contributed by atoms with Crippen LogP contribution in [0.3, 0.4) is 0 Å². The van der Waals surface area contributed by atoms with Gasteiger partial charge in [-0.3, -0.25) is 19.4 Å². The number of hydrogen-bond donors (Lipinski definition) is 0. The van der Waals surface area contributed by atoms with Gasteiger partial charge in [0.05, 0.1) is 22.5 Å². The summed E-state index contributed by atoms with van der Waals surface area (Å²) >= 11 is 7.56. The number of halogens is 1. The molecule has 0 aliphatic carbocycles. The molecule has 0 aliphatic rings. The molecular weight excluding hydrogens is 394 g/mol. The van der Waals surface area contributed by atoms with Crippen LogP contribution in [0.4, 0.5) is 5.13 Å². The second-order valence-electron chi connectivity index (χ2n) is 6.35. The Morgan fingerprint density at radius 1 is 1.29 bits per heavy atom. The van der Waals surface area contributed by atoms with Crippen LogP contribution in [-0.2, 0) is 13.1 Å². The molecule has 8 heteroatoms. The molecule has 3 heterocycles. The van der Waals surface area contributed by atoms with Crippen molar-refractivity contribution in [2.45, 2.75) is 26.9 Å². The van der Waals surface area contributed by atoms with E-state index in [1.807, 2.05) is 44.2 Å². The number of fused-ring (bicyclic) bond motifs is 1. The zero-order valence-corrected chi connectivity index (χ0v) is 17.0. The first-order chi connectivity index (χ1) is 13.5. The molecule has 0 radical (unpaired) electrons. The van der Waals surface area contributed by atoms with Crippen LogP contribution in [0.25, 0.3) is 10.2 Å². The van der Waals surface area contributed by atoms with E-state index in [0.29, 0.717) is 28.9 Å². The highest BCUT2D eigenvalue weighted by molar-refractivity contribution is 7.22. The highest BCUT2D eigenvalue weighted by Gasteiger charge is 2.25. The fourth-order valence-electron chi connectivity index (χ4n) is 3.00. The summed E-state index contributed by atoms with van der Waals surface area (Å²) < 4.78 is 2.66. The molecule has 3 aromatic heterocycles. The Kier molecular flexibility index (Phi) is 5.11. The minimum absolute atomic E-state index is 0.142. The number of carbonyl (C=O) groups excluding carboxylic acids is 1. The van der Waals surface area contributed by atoms with Gasteiger partial charge in [-0.15, -0.1) is 0 Å². The largest absolute Gasteiger partial charge is 0.278 e. The molecule has 0 bridgehead atoms. The van der Waals surface area contributed by atoms with Gasteiger partial charge < -0.3 is 0 Å². The smallest absolute Gasteiger partial charge is 0.278 e. The summed E-state index contributed by atoms with van der Waals surface area (Å²) in [6.07, 6.45) is 3.47. The van der Waals surface area contributed by atoms with Gasteiger partial charge in [-0.1, -0.05) is 29.0 Å². The maximum Gasteiger partial charge on any atom is 0.278 e. The lowest BCUT2D eigenvalue weighted by Gasteiger charge is -2.20. The van der Waals surface area contributed by atoms with Crippen LogP contribution in [0.15, 0.2) is 48.8 Å². The topological polar surface area (TPSA) is 63.9 Å². The van der Waals surface area contributed by atoms with Crippen molar-refractivity contribution in [2.24, 2.45) is 0 Å². The fourth-order valence-corrected chi connectivity index (χ4v) is 4.24. The number of nitrogens with zero attached hydrogens (tertiary/aromatic N) is 5. The van der Waals surface area contributed by atoms with Crippen molar-refractivity contribution in [3.05, 3.63) is 70.8 Å². The summed E-state index contributed by atoms with van der Waals surface area (Å²) in [6, 6.07) is 11.1. The lowest BCUT2D eigenvalue weighted by atomic mass is 10.2. The number of carbonyl (C=O) groups is 1. The predicted octanol–water partition coefficient (Wildman–Crippen LogP) is 4.72. The number of anilines is 1. The molecule has 4 rings (SSSR count). The van der Waals surface area contributed by atoms with E-state index in [4.69, 9.17) is 11.6 Å². The molecule has 142 valence electrons. The predicted molar refractivity (Wildman–Crippen MR) is 112 cm³/mol. The van der Waals surface area contributed by atoms with E-state index >= 15 is 0 Å². The Bertz CT molecular complexity index is 1140. The van der Waals surface area contributed by atoms with E-state index in [0.717, 1.165) is 21.5 Å². The Balaban J connectivity index is 1.79. The molecule has 6 nitrogen and oxygen atoms in total. The summed E-state index contributed by atoms with van der Waals surface area (Å²) in [5, 5.41) is 5.67. The quantitative estimate of drug-likeness (QED) is 0.476. The van der Waals surface area contributed by atoms with Crippen molar-refractivity contribution in [3.8, 4) is 0 Å². The summed E-state index contributed by atoms with van der Waals surface area (Å²) in [7, 11) is 0. The molecule has 0 spiro atoms. The number of pyridine rings is 1. The molecule has 0 N–H and O–H groups in total. The maximum atomic E-state index is 13.5. The zero-order valence-electron chi connectivity index (χ0n) is 15.5. The average Bonchev–Trinajstić information content (AvgIpc) is 3.29. The van der Waals surface area contributed by atoms with Crippen LogP contribution in [0.2, 0.25) is 5.02 Å². The first-order valence-electron chi connectivity index (χ1n) is 8.86. The van der Waals surface area contributed by atoms with Gasteiger partial charge >= 0.3 is 0 Å². The van der Waals surface area contributed by atoms with Crippen molar-refractivity contribution < 1.29 is 4.79 Å². The standard InChI is InChI=1S/C20H18ClN5OS/c1-3-26-17(9-13(2)24-26)19(27)25(12-14-5-4-8-22-11-14)20-23-16-7-6-15(21)10-18(16)28-20/h4-11H,3,12H2,1-2H3. The lowest BCUT2D eigenvalue weighted by Crippen LogP contribution is -2.32. The molecule has 0 saturated carbocycles. The van der Waals surface area contributed by atoms with Crippen LogP contribution in [0, 0.1) is 6.92 Å². The van der Waals surface area contributed by atoms with Crippen molar-refractivity contribution in [2.75, 3.05) is 4.90 Å². The number of amides is 1. The van der Waals surface area contributed by atoms with Gasteiger partial charge in [-0.25, -0.2) is 4.98 Å². The molecule has 0 atom stereocenters. The number of aromatic nitrogens is 4. The Morgan fingerprint density at radius 2 is 2.14 bits per heavy atom. The highest BCUT2D eigenvalue weighted by atomic mass is 35.5. The highest BCUT2D eigenvalue weighted by Crippen LogP contribution is 2.32. The van der Waals surface area contributed by atoms with Gasteiger partial charge in [0.15, 0.2) is 5.13 Å². The van der Waals surface area contributed by atoms with E-state index < -0.39 is 0 Å². The lowest BCUT2D eigenvalue weighted by molar-refractivity contribution is 0.0975. The first-order valence-corrected chi connectivity index (χ1v) is 10.1. The molecule has 0 saturated heterocycles. The molecule has 0 unspecified atom stereocenters. The third kappa shape index (κ3) is 3.63. The van der Waals surface area contributed by atoms with E-state index in [-0.39, 0.29) is 5.91 Å². The first kappa shape index (κ1) is 18.6. The minimum Gasteiger partial charge on any atom is -0.278 e. The zero-order chi connectivity index (χ0) is 19.7. The fraction of sp³-hybridized carbons (Fsp3) is 0.200. The molecule has 0 fully saturated rings. The SMILES string of the molecule is CCn1nc(C)cc1C(=O)N(Cc1cccnc1)c1nc2ccc(Cl)cc2s1. The molecule has 4 aromatic rings.